The molecule has 4 heterocycles. The van der Waals surface area contributed by atoms with Crippen LogP contribution in [-0.2, 0) is 19.1 Å². The van der Waals surface area contributed by atoms with Gasteiger partial charge in [-0.25, -0.2) is 9.98 Å². The van der Waals surface area contributed by atoms with E-state index in [-0.39, 0.29) is 5.84 Å². The number of ketones is 2. The fourth-order valence-corrected chi connectivity index (χ4v) is 7.65. The van der Waals surface area contributed by atoms with Crippen LogP contribution in [0.5, 0.6) is 0 Å². The number of hydrogen-bond acceptors (Lipinski definition) is 13. The highest BCUT2D eigenvalue weighted by atomic mass is 35.5. The van der Waals surface area contributed by atoms with Gasteiger partial charge < -0.3 is 30.3 Å². The van der Waals surface area contributed by atoms with Crippen molar-refractivity contribution in [2.24, 2.45) is 9.98 Å². The monoisotopic (exact) mass is 664 g/mol. The molecule has 0 saturated carbocycles. The third kappa shape index (κ3) is 5.44. The van der Waals surface area contributed by atoms with E-state index in [1.165, 1.54) is 55.1 Å². The molecule has 2 fully saturated rings. The molecule has 8 atom stereocenters. The second-order valence-corrected chi connectivity index (χ2v) is 13.5. The maximum atomic E-state index is 13.6. The number of nitrogens with zero attached hydrogens (tertiary/aromatic N) is 5. The topological polar surface area (TPSA) is 177 Å². The van der Waals surface area contributed by atoms with E-state index in [1.807, 2.05) is 42.6 Å². The molecule has 0 aliphatic carbocycles. The number of carbonyl (C=O) groups is 3. The fraction of sp³-hybridized carbons (Fsp3) is 0.500. The summed E-state index contributed by atoms with van der Waals surface area (Å²) in [6.07, 6.45) is -5.71. The number of rotatable bonds is 9. The third-order valence-electron chi connectivity index (χ3n) is 7.78. The van der Waals surface area contributed by atoms with Gasteiger partial charge in [-0.1, -0.05) is 53.7 Å². The van der Waals surface area contributed by atoms with Gasteiger partial charge >= 0.3 is 0 Å². The zero-order valence-corrected chi connectivity index (χ0v) is 26.7. The van der Waals surface area contributed by atoms with Gasteiger partial charge in [0.05, 0.1) is 24.7 Å². The Morgan fingerprint density at radius 3 is 2.48 bits per heavy atom. The first-order chi connectivity index (χ1) is 20.8. The van der Waals surface area contributed by atoms with Gasteiger partial charge in [0.2, 0.25) is 11.4 Å². The van der Waals surface area contributed by atoms with Crippen molar-refractivity contribution >= 4 is 64.3 Å². The maximum absolute atomic E-state index is 13.6. The molecule has 4 N–H and O–H groups in total. The smallest absolute Gasteiger partial charge is 0.253 e. The van der Waals surface area contributed by atoms with Crippen LogP contribution in [0.15, 0.2) is 50.0 Å². The number of aromatic nitrogens is 1. The minimum atomic E-state index is -2.18. The molecule has 2 aromatic rings. The summed E-state index contributed by atoms with van der Waals surface area (Å²) >= 11 is 9.84. The molecular formula is C28H33ClN6O7S2. The lowest BCUT2D eigenvalue weighted by atomic mass is 9.85. The highest BCUT2D eigenvalue weighted by molar-refractivity contribution is 8.01. The first kappa shape index (κ1) is 32.5. The van der Waals surface area contributed by atoms with Crippen LogP contribution in [0, 0.1) is 0 Å². The number of aliphatic hydroxyl groups is 3. The number of thiazole rings is 1. The van der Waals surface area contributed by atoms with Crippen molar-refractivity contribution in [3.63, 3.8) is 0 Å². The molecule has 44 heavy (non-hydrogen) atoms. The molecule has 0 bridgehead atoms. The number of alkyl halides is 1. The molecule has 1 amide bonds. The number of ether oxygens (including phenoxy) is 1. The van der Waals surface area contributed by atoms with Crippen molar-refractivity contribution in [1.82, 2.24) is 20.1 Å². The quantitative estimate of drug-likeness (QED) is 0.171. The molecule has 236 valence electrons. The largest absolute Gasteiger partial charge is 0.394 e. The molecular weight excluding hydrogens is 632 g/mol. The molecule has 5 rings (SSSR count). The van der Waals surface area contributed by atoms with E-state index >= 15 is 0 Å². The normalized spacial score (nSPS) is 32.9. The van der Waals surface area contributed by atoms with Crippen LogP contribution in [0.1, 0.15) is 27.7 Å². The van der Waals surface area contributed by atoms with E-state index in [0.29, 0.717) is 5.75 Å². The van der Waals surface area contributed by atoms with Crippen LogP contribution in [-0.4, -0.2) is 120 Å². The number of aliphatic imine (C=N–C) groups is 2. The van der Waals surface area contributed by atoms with Crippen LogP contribution in [0.2, 0.25) is 0 Å². The van der Waals surface area contributed by atoms with Gasteiger partial charge in [-0.15, -0.1) is 11.3 Å². The Labute approximate surface area is 267 Å². The summed E-state index contributed by atoms with van der Waals surface area (Å²) in [6.45, 7) is 4.86. The fourth-order valence-electron chi connectivity index (χ4n) is 5.55. The summed E-state index contributed by atoms with van der Waals surface area (Å²) in [5.41, 5.74) is -0.0292. The molecule has 1 aromatic carbocycles. The predicted octanol–water partition coefficient (Wildman–Crippen LogP) is 1.06. The molecule has 5 unspecified atom stereocenters. The first-order valence-corrected chi connectivity index (χ1v) is 16.1. The minimum Gasteiger partial charge on any atom is -0.394 e. The summed E-state index contributed by atoms with van der Waals surface area (Å²) in [5, 5.41) is 33.6. The number of amidine groups is 1. The van der Waals surface area contributed by atoms with Crippen molar-refractivity contribution in [2.75, 3.05) is 12.4 Å². The highest BCUT2D eigenvalue weighted by Crippen LogP contribution is 2.43. The molecule has 0 radical (unpaired) electrons. The van der Waals surface area contributed by atoms with Gasteiger partial charge in [-0.3, -0.25) is 24.3 Å². The van der Waals surface area contributed by atoms with Crippen molar-refractivity contribution in [3.8, 4) is 11.3 Å². The molecule has 0 spiro atoms. The predicted molar refractivity (Wildman–Crippen MR) is 165 cm³/mol. The standard InChI is InChI=1S/C28H33ClN6O7S2/c1-14(11-43-26-32-19(12-44-26)18-8-6-5-7-9-18)31-24-27(15(2)37)25(35(17(4)39)28(29,33-24)16(3)38)34(13-30-27)23-22(41)21(40)20(10-36)42-23/h5-9,12-14,20-23,25,36,40-41H,10-11H2,1-4H3,(H,31,33)/t14-,20-,21?,22?,23-,25?,27?,28?/m1/s1. The van der Waals surface area contributed by atoms with Gasteiger partial charge in [0, 0.05) is 30.5 Å². The molecule has 3 aliphatic heterocycles. The van der Waals surface area contributed by atoms with Crippen LogP contribution in [0.4, 0.5) is 0 Å². The lowest BCUT2D eigenvalue weighted by molar-refractivity contribution is -0.162. The number of benzene rings is 1. The number of fused-ring (bicyclic) bond motifs is 1. The Morgan fingerprint density at radius 2 is 1.89 bits per heavy atom. The highest BCUT2D eigenvalue weighted by Gasteiger charge is 2.68. The van der Waals surface area contributed by atoms with Gasteiger partial charge in [-0.05, 0) is 13.8 Å². The van der Waals surface area contributed by atoms with E-state index in [2.05, 4.69) is 10.3 Å². The molecule has 2 saturated heterocycles. The zero-order valence-electron chi connectivity index (χ0n) is 24.3. The van der Waals surface area contributed by atoms with Crippen LogP contribution >= 0.6 is 34.7 Å². The summed E-state index contributed by atoms with van der Waals surface area (Å²) in [4.78, 5) is 56.0. The van der Waals surface area contributed by atoms with E-state index in [1.54, 1.807) is 0 Å². The Morgan fingerprint density at radius 1 is 1.18 bits per heavy atom. The Balaban J connectivity index is 1.50. The van der Waals surface area contributed by atoms with Crippen LogP contribution < -0.4 is 5.32 Å². The number of halogens is 1. The second kappa shape index (κ2) is 12.5. The second-order valence-electron chi connectivity index (χ2n) is 10.8. The van der Waals surface area contributed by atoms with E-state index in [0.717, 1.165) is 20.5 Å². The summed E-state index contributed by atoms with van der Waals surface area (Å²) < 4.78 is 6.54. The maximum Gasteiger partial charge on any atom is 0.253 e. The lowest BCUT2D eigenvalue weighted by Crippen LogP contribution is -2.81. The average Bonchev–Trinajstić information content (AvgIpc) is 3.69. The van der Waals surface area contributed by atoms with E-state index < -0.39 is 71.5 Å². The molecule has 3 aliphatic rings. The van der Waals surface area contributed by atoms with E-state index in [9.17, 15) is 29.7 Å². The van der Waals surface area contributed by atoms with Crippen molar-refractivity contribution in [1.29, 1.82) is 0 Å². The summed E-state index contributed by atoms with van der Waals surface area (Å²) in [5.74, 6) is -1.47. The van der Waals surface area contributed by atoms with Crippen LogP contribution in [0.25, 0.3) is 11.3 Å². The Bertz CT molecular complexity index is 1490. The van der Waals surface area contributed by atoms with Crippen molar-refractivity contribution < 1.29 is 34.4 Å². The van der Waals surface area contributed by atoms with Crippen molar-refractivity contribution in [2.45, 2.75) is 79.4 Å². The number of carbonyl (C=O) groups excluding carboxylic acids is 3. The van der Waals surface area contributed by atoms with Gasteiger partial charge in [0.15, 0.2) is 28.3 Å². The number of nitrogens with one attached hydrogen (secondary N) is 1. The summed E-state index contributed by atoms with van der Waals surface area (Å²) in [6, 6.07) is 9.34. The number of Topliss-reactive ketones (excluding diaryl/α,β-unsaturated/α-hetero) is 2. The van der Waals surface area contributed by atoms with Gasteiger partial charge in [0.25, 0.3) is 5.12 Å². The number of amides is 1. The Hall–Kier alpha value is -2.92. The lowest BCUT2D eigenvalue weighted by Gasteiger charge is -2.54. The molecule has 13 nitrogen and oxygen atoms in total. The van der Waals surface area contributed by atoms with Gasteiger partial charge in [-0.2, -0.15) is 0 Å². The van der Waals surface area contributed by atoms with Crippen LogP contribution in [0.3, 0.4) is 0 Å². The Kier molecular flexibility index (Phi) is 9.20. The van der Waals surface area contributed by atoms with Gasteiger partial charge in [0.1, 0.15) is 24.1 Å². The SMILES string of the molecule is CC(=O)N1C2N([C@@H]3O[C@H](CO)C(O)C3O)C=NC2(C(C)=O)C(=N[C@H](C)CSc2nc(-c3ccccc3)cs2)NC1(Cl)C(C)=O. The average molecular weight is 665 g/mol. The summed E-state index contributed by atoms with van der Waals surface area (Å²) in [7, 11) is 0. The molecule has 1 aromatic heterocycles. The molecule has 16 heteroatoms. The zero-order chi connectivity index (χ0) is 32.0. The first-order valence-electron chi connectivity index (χ1n) is 13.8. The number of hydrogen-bond donors (Lipinski definition) is 4. The minimum absolute atomic E-state index is 0.0413. The number of thioether (sulfide) groups is 1. The number of aliphatic hydroxyl groups excluding tert-OH is 3. The van der Waals surface area contributed by atoms with Crippen molar-refractivity contribution in [3.05, 3.63) is 35.7 Å². The third-order valence-corrected chi connectivity index (χ3v) is 10.6. The van der Waals surface area contributed by atoms with E-state index in [4.69, 9.17) is 26.3 Å².